The van der Waals surface area contributed by atoms with E-state index in [-0.39, 0.29) is 5.97 Å². The Hall–Kier alpha value is -1.43. The summed E-state index contributed by atoms with van der Waals surface area (Å²) in [5, 5.41) is 4.80. The molecule has 0 fully saturated rings. The van der Waals surface area contributed by atoms with Crippen LogP contribution in [0.15, 0.2) is 29.0 Å². The molecule has 3 heterocycles. The smallest absolute Gasteiger partial charge is 0.305 e. The van der Waals surface area contributed by atoms with Crippen molar-refractivity contribution < 1.29 is 9.53 Å². The molecular formula is C36H54O2S3. The summed E-state index contributed by atoms with van der Waals surface area (Å²) in [6.07, 6.45) is 24.7. The van der Waals surface area contributed by atoms with Crippen LogP contribution in [0.4, 0.5) is 0 Å². The summed E-state index contributed by atoms with van der Waals surface area (Å²) in [5.41, 5.74) is 4.54. The molecule has 0 aliphatic carbocycles. The average molecular weight is 615 g/mol. The van der Waals surface area contributed by atoms with Crippen molar-refractivity contribution >= 4 is 40.0 Å². The van der Waals surface area contributed by atoms with E-state index in [1.807, 2.05) is 34.0 Å². The number of unbranched alkanes of at least 4 members (excludes halogenated alkanes) is 13. The number of thiophene rings is 3. The minimum absolute atomic E-state index is 0.0870. The molecule has 0 saturated carbocycles. The van der Waals surface area contributed by atoms with Gasteiger partial charge in [-0.3, -0.25) is 4.79 Å². The molecular weight excluding hydrogens is 561 g/mol. The van der Waals surface area contributed by atoms with Crippen LogP contribution in [0.5, 0.6) is 0 Å². The van der Waals surface area contributed by atoms with Gasteiger partial charge in [-0.05, 0) is 90.6 Å². The Morgan fingerprint density at radius 1 is 0.610 bits per heavy atom. The maximum absolute atomic E-state index is 11.4. The van der Waals surface area contributed by atoms with Crippen LogP contribution in [0.25, 0.3) is 19.5 Å². The molecule has 0 N–H and O–H groups in total. The Bertz CT molecular complexity index is 1110. The van der Waals surface area contributed by atoms with Gasteiger partial charge in [0.1, 0.15) is 0 Å². The van der Waals surface area contributed by atoms with Crippen LogP contribution in [0.1, 0.15) is 140 Å². The van der Waals surface area contributed by atoms with Crippen LogP contribution in [0, 0.1) is 0 Å². The van der Waals surface area contributed by atoms with Gasteiger partial charge in [-0.2, -0.15) is 0 Å². The molecule has 2 nitrogen and oxygen atoms in total. The zero-order chi connectivity index (χ0) is 29.1. The van der Waals surface area contributed by atoms with E-state index in [2.05, 4.69) is 42.8 Å². The molecule has 0 unspecified atom stereocenters. The maximum atomic E-state index is 11.4. The standard InChI is InChI=1S/C36H54O2S3/c1-4-6-8-10-12-16-20-29-24-32(39-27-29)33-26-31(22-18-14-15-19-23-35(37)38-3)36(41-33)34-25-30(28-40-34)21-17-13-11-9-7-5-2/h24-28H,4-23H2,1-3H3. The van der Waals surface area contributed by atoms with Crippen molar-refractivity contribution in [1.82, 2.24) is 0 Å². The third-order valence-electron chi connectivity index (χ3n) is 8.03. The van der Waals surface area contributed by atoms with Crippen LogP contribution in [-0.4, -0.2) is 13.1 Å². The van der Waals surface area contributed by atoms with Crippen LogP contribution in [0.3, 0.4) is 0 Å². The molecule has 0 spiro atoms. The first-order chi connectivity index (χ1) is 20.1. The Morgan fingerprint density at radius 2 is 1.12 bits per heavy atom. The van der Waals surface area contributed by atoms with Gasteiger partial charge in [0.15, 0.2) is 0 Å². The third-order valence-corrected chi connectivity index (χ3v) is 11.5. The van der Waals surface area contributed by atoms with Gasteiger partial charge in [0, 0.05) is 25.9 Å². The number of hydrogen-bond acceptors (Lipinski definition) is 5. The molecule has 0 bridgehead atoms. The molecule has 0 radical (unpaired) electrons. The van der Waals surface area contributed by atoms with Crippen molar-refractivity contribution in [3.63, 3.8) is 0 Å². The summed E-state index contributed by atoms with van der Waals surface area (Å²) in [4.78, 5) is 17.2. The van der Waals surface area contributed by atoms with Crippen molar-refractivity contribution in [2.75, 3.05) is 7.11 Å². The zero-order valence-corrected chi connectivity index (χ0v) is 28.5. The lowest BCUT2D eigenvalue weighted by Gasteiger charge is -2.03. The van der Waals surface area contributed by atoms with Crippen molar-refractivity contribution in [2.45, 2.75) is 142 Å². The van der Waals surface area contributed by atoms with E-state index in [0.29, 0.717) is 6.42 Å². The first kappa shape index (κ1) is 34.1. The van der Waals surface area contributed by atoms with Gasteiger partial charge < -0.3 is 4.74 Å². The molecule has 3 aromatic rings. The molecule has 3 aromatic heterocycles. The Morgan fingerprint density at radius 3 is 1.73 bits per heavy atom. The van der Waals surface area contributed by atoms with E-state index in [1.54, 1.807) is 0 Å². The lowest BCUT2D eigenvalue weighted by Crippen LogP contribution is -1.99. The number of rotatable bonds is 23. The fourth-order valence-electron chi connectivity index (χ4n) is 5.47. The molecule has 5 heteroatoms. The molecule has 0 atom stereocenters. The summed E-state index contributed by atoms with van der Waals surface area (Å²) in [5.74, 6) is -0.0870. The number of methoxy groups -OCH3 is 1. The highest BCUT2D eigenvalue weighted by molar-refractivity contribution is 7.26. The Labute approximate surface area is 263 Å². The molecule has 0 saturated heterocycles. The molecule has 0 aromatic carbocycles. The minimum atomic E-state index is -0.0870. The molecule has 41 heavy (non-hydrogen) atoms. The second kappa shape index (κ2) is 20.5. The normalized spacial score (nSPS) is 11.4. The largest absolute Gasteiger partial charge is 0.469 e. The molecule has 3 rings (SSSR count). The summed E-state index contributed by atoms with van der Waals surface area (Å²) in [6.45, 7) is 4.58. The van der Waals surface area contributed by atoms with Crippen LogP contribution in [0.2, 0.25) is 0 Å². The zero-order valence-electron chi connectivity index (χ0n) is 26.1. The first-order valence-corrected chi connectivity index (χ1v) is 19.1. The first-order valence-electron chi connectivity index (χ1n) is 16.5. The highest BCUT2D eigenvalue weighted by atomic mass is 32.1. The van der Waals surface area contributed by atoms with Crippen molar-refractivity contribution in [1.29, 1.82) is 0 Å². The molecule has 0 amide bonds. The van der Waals surface area contributed by atoms with E-state index < -0.39 is 0 Å². The number of esters is 1. The highest BCUT2D eigenvalue weighted by Crippen LogP contribution is 2.43. The summed E-state index contributed by atoms with van der Waals surface area (Å²) >= 11 is 5.86. The van der Waals surface area contributed by atoms with E-state index in [1.165, 1.54) is 140 Å². The fourth-order valence-corrected chi connectivity index (χ4v) is 8.82. The summed E-state index contributed by atoms with van der Waals surface area (Å²) in [7, 11) is 1.48. The van der Waals surface area contributed by atoms with Gasteiger partial charge in [0.05, 0.1) is 7.11 Å². The molecule has 228 valence electrons. The van der Waals surface area contributed by atoms with Crippen LogP contribution >= 0.6 is 34.0 Å². The SMILES string of the molecule is CCCCCCCCc1csc(-c2cc(CCCCCCC(=O)OC)c(-c3cc(CCCCCCCC)cs3)s2)c1. The number of ether oxygens (including phenoxy) is 1. The van der Waals surface area contributed by atoms with E-state index in [9.17, 15) is 4.79 Å². The summed E-state index contributed by atoms with van der Waals surface area (Å²) in [6, 6.07) is 7.42. The molecule has 0 aliphatic rings. The number of carbonyl (C=O) groups excluding carboxylic acids is 1. The summed E-state index contributed by atoms with van der Waals surface area (Å²) < 4.78 is 4.79. The van der Waals surface area contributed by atoms with E-state index in [4.69, 9.17) is 4.74 Å². The van der Waals surface area contributed by atoms with Crippen LogP contribution < -0.4 is 0 Å². The van der Waals surface area contributed by atoms with Gasteiger partial charge in [-0.1, -0.05) is 90.9 Å². The second-order valence-corrected chi connectivity index (χ2v) is 14.5. The van der Waals surface area contributed by atoms with Gasteiger partial charge in [-0.15, -0.1) is 34.0 Å². The van der Waals surface area contributed by atoms with E-state index in [0.717, 1.165) is 25.7 Å². The average Bonchev–Trinajstić information content (AvgIpc) is 3.74. The molecule has 0 aliphatic heterocycles. The maximum Gasteiger partial charge on any atom is 0.305 e. The van der Waals surface area contributed by atoms with Crippen molar-refractivity contribution in [3.8, 4) is 19.5 Å². The minimum Gasteiger partial charge on any atom is -0.469 e. The highest BCUT2D eigenvalue weighted by Gasteiger charge is 2.16. The Balaban J connectivity index is 1.61. The van der Waals surface area contributed by atoms with Gasteiger partial charge in [-0.25, -0.2) is 0 Å². The number of aryl methyl sites for hydroxylation is 3. The predicted molar refractivity (Wildman–Crippen MR) is 184 cm³/mol. The second-order valence-electron chi connectivity index (χ2n) is 11.6. The van der Waals surface area contributed by atoms with Crippen LogP contribution in [-0.2, 0) is 28.8 Å². The predicted octanol–water partition coefficient (Wildman–Crippen LogP) is 12.7. The van der Waals surface area contributed by atoms with Gasteiger partial charge >= 0.3 is 5.97 Å². The quantitative estimate of drug-likeness (QED) is 0.0784. The van der Waals surface area contributed by atoms with Gasteiger partial charge in [0.2, 0.25) is 0 Å². The number of hydrogen-bond donors (Lipinski definition) is 0. The monoisotopic (exact) mass is 614 g/mol. The van der Waals surface area contributed by atoms with Gasteiger partial charge in [0.25, 0.3) is 0 Å². The number of carbonyl (C=O) groups is 1. The van der Waals surface area contributed by atoms with E-state index >= 15 is 0 Å². The lowest BCUT2D eigenvalue weighted by molar-refractivity contribution is -0.140. The third kappa shape index (κ3) is 12.8. The Kier molecular flexibility index (Phi) is 17.0. The fraction of sp³-hybridized carbons (Fsp3) is 0.639. The van der Waals surface area contributed by atoms with Crippen molar-refractivity contribution in [2.24, 2.45) is 0 Å². The van der Waals surface area contributed by atoms with Crippen molar-refractivity contribution in [3.05, 3.63) is 45.6 Å². The lowest BCUT2D eigenvalue weighted by atomic mass is 10.0. The topological polar surface area (TPSA) is 26.3 Å².